The van der Waals surface area contributed by atoms with Gasteiger partial charge in [0.05, 0.1) is 29.1 Å². The van der Waals surface area contributed by atoms with Gasteiger partial charge < -0.3 is 15.0 Å². The fourth-order valence-corrected chi connectivity index (χ4v) is 4.03. The number of urea groups is 1. The first-order valence-electron chi connectivity index (χ1n) is 12.2. The van der Waals surface area contributed by atoms with Crippen LogP contribution in [0, 0.1) is 0 Å². The Bertz CT molecular complexity index is 1220. The maximum absolute atomic E-state index is 13.4. The summed E-state index contributed by atoms with van der Waals surface area (Å²) in [5.41, 5.74) is 1.45. The zero-order valence-corrected chi connectivity index (χ0v) is 20.9. The zero-order chi connectivity index (χ0) is 25.4. The Labute approximate surface area is 205 Å². The van der Waals surface area contributed by atoms with E-state index in [1.807, 2.05) is 25.1 Å². The van der Waals surface area contributed by atoms with Crippen molar-refractivity contribution in [2.24, 2.45) is 7.05 Å². The molecule has 0 saturated heterocycles. The topological polar surface area (TPSA) is 93.5 Å². The van der Waals surface area contributed by atoms with Crippen molar-refractivity contribution in [2.75, 3.05) is 18.5 Å². The molecule has 3 rings (SSSR count). The number of unbranched alkanes of at least 4 members (excludes halogenated alkanes) is 3. The molecule has 8 nitrogen and oxygen atoms in total. The summed E-state index contributed by atoms with van der Waals surface area (Å²) in [6.45, 7) is 6.61. The molecular formula is C27H34N4O4. The lowest BCUT2D eigenvalue weighted by molar-refractivity contribution is 0.0526. The second kappa shape index (κ2) is 12.1. The molecule has 1 atom stereocenters. The SMILES string of the molecule is CCCCCCN(C(=O)Nc1ccc(C(=O)OCC)cc1)C(C)c1nc2ccccc2c(=O)n1C. The minimum atomic E-state index is -0.433. The fourth-order valence-electron chi connectivity index (χ4n) is 4.03. The third kappa shape index (κ3) is 6.26. The summed E-state index contributed by atoms with van der Waals surface area (Å²) in [4.78, 5) is 44.7. The molecule has 3 aromatic rings. The van der Waals surface area contributed by atoms with Gasteiger partial charge in [-0.1, -0.05) is 38.3 Å². The monoisotopic (exact) mass is 478 g/mol. The van der Waals surface area contributed by atoms with Gasteiger partial charge in [-0.3, -0.25) is 9.36 Å². The lowest BCUT2D eigenvalue weighted by Crippen LogP contribution is -2.40. The maximum Gasteiger partial charge on any atom is 0.338 e. The Morgan fingerprint density at radius 3 is 2.46 bits per heavy atom. The highest BCUT2D eigenvalue weighted by Gasteiger charge is 2.25. The summed E-state index contributed by atoms with van der Waals surface area (Å²) in [6, 6.07) is 13.1. The number of ether oxygens (including phenoxy) is 1. The van der Waals surface area contributed by atoms with E-state index >= 15 is 0 Å². The molecule has 8 heteroatoms. The van der Waals surface area contributed by atoms with Gasteiger partial charge in [-0.05, 0) is 56.7 Å². The predicted octanol–water partition coefficient (Wildman–Crippen LogP) is 5.29. The third-order valence-electron chi connectivity index (χ3n) is 6.02. The molecule has 1 heterocycles. The standard InChI is InChI=1S/C27H34N4O4/c1-5-7-8-11-18-31(27(34)28-21-16-14-20(15-17-21)26(33)35-6-2)19(3)24-29-23-13-10-9-12-22(23)25(32)30(24)4/h9-10,12-17,19H,5-8,11,18H2,1-4H3,(H,28,34). The molecule has 0 aliphatic carbocycles. The van der Waals surface area contributed by atoms with Crippen molar-refractivity contribution in [3.63, 3.8) is 0 Å². The lowest BCUT2D eigenvalue weighted by Gasteiger charge is -2.30. The van der Waals surface area contributed by atoms with Crippen molar-refractivity contribution >= 4 is 28.6 Å². The van der Waals surface area contributed by atoms with Crippen molar-refractivity contribution < 1.29 is 14.3 Å². The number of para-hydroxylation sites is 1. The van der Waals surface area contributed by atoms with Gasteiger partial charge in [0.2, 0.25) is 0 Å². The Kier molecular flexibility index (Phi) is 9.00. The van der Waals surface area contributed by atoms with Gasteiger partial charge in [-0.15, -0.1) is 0 Å². The van der Waals surface area contributed by atoms with E-state index in [9.17, 15) is 14.4 Å². The minimum Gasteiger partial charge on any atom is -0.462 e. The summed E-state index contributed by atoms with van der Waals surface area (Å²) in [6.07, 6.45) is 4.03. The van der Waals surface area contributed by atoms with Crippen molar-refractivity contribution in [2.45, 2.75) is 52.5 Å². The fraction of sp³-hybridized carbons (Fsp3) is 0.407. The molecular weight excluding hydrogens is 444 g/mol. The summed E-state index contributed by atoms with van der Waals surface area (Å²) in [5.74, 6) is 0.122. The predicted molar refractivity (Wildman–Crippen MR) is 138 cm³/mol. The molecule has 35 heavy (non-hydrogen) atoms. The van der Waals surface area contributed by atoms with E-state index in [1.54, 1.807) is 49.2 Å². The normalized spacial score (nSPS) is 11.8. The summed E-state index contributed by atoms with van der Waals surface area (Å²) < 4.78 is 6.54. The largest absolute Gasteiger partial charge is 0.462 e. The van der Waals surface area contributed by atoms with E-state index in [4.69, 9.17) is 9.72 Å². The van der Waals surface area contributed by atoms with E-state index in [2.05, 4.69) is 12.2 Å². The smallest absolute Gasteiger partial charge is 0.338 e. The quantitative estimate of drug-likeness (QED) is 0.316. The Morgan fingerprint density at radius 1 is 1.06 bits per heavy atom. The highest BCUT2D eigenvalue weighted by atomic mass is 16.5. The van der Waals surface area contributed by atoms with Gasteiger partial charge >= 0.3 is 12.0 Å². The lowest BCUT2D eigenvalue weighted by atomic mass is 10.1. The molecule has 1 aromatic heterocycles. The number of aromatic nitrogens is 2. The molecule has 0 saturated carbocycles. The van der Waals surface area contributed by atoms with E-state index < -0.39 is 12.0 Å². The van der Waals surface area contributed by atoms with Crippen LogP contribution in [0.3, 0.4) is 0 Å². The third-order valence-corrected chi connectivity index (χ3v) is 6.02. The second-order valence-electron chi connectivity index (χ2n) is 8.51. The number of amides is 2. The van der Waals surface area contributed by atoms with Crippen LogP contribution >= 0.6 is 0 Å². The minimum absolute atomic E-state index is 0.140. The Morgan fingerprint density at radius 2 is 1.77 bits per heavy atom. The van der Waals surface area contributed by atoms with Crippen LogP contribution in [0.15, 0.2) is 53.3 Å². The van der Waals surface area contributed by atoms with Crippen LogP contribution in [-0.4, -0.2) is 39.6 Å². The van der Waals surface area contributed by atoms with Gasteiger partial charge in [0.15, 0.2) is 0 Å². The van der Waals surface area contributed by atoms with Crippen LogP contribution in [0.1, 0.15) is 68.7 Å². The summed E-state index contributed by atoms with van der Waals surface area (Å²) in [5, 5.41) is 3.47. The summed E-state index contributed by atoms with van der Waals surface area (Å²) in [7, 11) is 1.69. The number of carbonyl (C=O) groups excluding carboxylic acids is 2. The van der Waals surface area contributed by atoms with Crippen LogP contribution in [0.25, 0.3) is 10.9 Å². The highest BCUT2D eigenvalue weighted by molar-refractivity contribution is 5.92. The van der Waals surface area contributed by atoms with E-state index in [0.717, 1.165) is 25.7 Å². The molecule has 0 bridgehead atoms. The molecule has 0 aliphatic rings. The number of nitrogens with one attached hydrogen (secondary N) is 1. The first-order valence-corrected chi connectivity index (χ1v) is 12.2. The van der Waals surface area contributed by atoms with E-state index in [-0.39, 0.29) is 11.6 Å². The molecule has 2 amide bonds. The number of nitrogens with zero attached hydrogens (tertiary/aromatic N) is 3. The Hall–Kier alpha value is -3.68. The van der Waals surface area contributed by atoms with E-state index in [0.29, 0.717) is 41.1 Å². The van der Waals surface area contributed by atoms with Crippen molar-refractivity contribution in [3.05, 3.63) is 70.3 Å². The van der Waals surface area contributed by atoms with Crippen LogP contribution in [-0.2, 0) is 11.8 Å². The van der Waals surface area contributed by atoms with Crippen LogP contribution in [0.4, 0.5) is 10.5 Å². The van der Waals surface area contributed by atoms with Gasteiger partial charge in [-0.2, -0.15) is 0 Å². The van der Waals surface area contributed by atoms with Crippen molar-refractivity contribution in [3.8, 4) is 0 Å². The van der Waals surface area contributed by atoms with Crippen LogP contribution in [0.2, 0.25) is 0 Å². The number of esters is 1. The molecule has 2 aromatic carbocycles. The van der Waals surface area contributed by atoms with Gasteiger partial charge in [-0.25, -0.2) is 14.6 Å². The number of fused-ring (bicyclic) bond motifs is 1. The number of carbonyl (C=O) groups is 2. The molecule has 1 N–H and O–H groups in total. The molecule has 0 spiro atoms. The molecule has 0 radical (unpaired) electrons. The summed E-state index contributed by atoms with van der Waals surface area (Å²) >= 11 is 0. The number of rotatable bonds is 10. The van der Waals surface area contributed by atoms with Crippen LogP contribution in [0.5, 0.6) is 0 Å². The maximum atomic E-state index is 13.4. The van der Waals surface area contributed by atoms with Crippen LogP contribution < -0.4 is 10.9 Å². The van der Waals surface area contributed by atoms with Gasteiger partial charge in [0.1, 0.15) is 5.82 Å². The number of anilines is 1. The van der Waals surface area contributed by atoms with E-state index in [1.165, 1.54) is 4.57 Å². The van der Waals surface area contributed by atoms with Crippen molar-refractivity contribution in [1.29, 1.82) is 0 Å². The molecule has 0 aliphatic heterocycles. The van der Waals surface area contributed by atoms with Gasteiger partial charge in [0, 0.05) is 19.3 Å². The number of hydrogen-bond acceptors (Lipinski definition) is 5. The first kappa shape index (κ1) is 25.9. The number of hydrogen-bond donors (Lipinski definition) is 1. The molecule has 186 valence electrons. The average molecular weight is 479 g/mol. The molecule has 0 fully saturated rings. The molecule has 1 unspecified atom stereocenters. The second-order valence-corrected chi connectivity index (χ2v) is 8.51. The number of benzene rings is 2. The highest BCUT2D eigenvalue weighted by Crippen LogP contribution is 2.22. The Balaban J connectivity index is 1.86. The van der Waals surface area contributed by atoms with Crippen molar-refractivity contribution in [1.82, 2.24) is 14.5 Å². The first-order chi connectivity index (χ1) is 16.9. The van der Waals surface area contributed by atoms with Gasteiger partial charge in [0.25, 0.3) is 5.56 Å². The average Bonchev–Trinajstić information content (AvgIpc) is 2.86. The zero-order valence-electron chi connectivity index (χ0n) is 20.9.